The summed E-state index contributed by atoms with van der Waals surface area (Å²) in [6, 6.07) is -0.203. The molecule has 1 aliphatic heterocycles. The van der Waals surface area contributed by atoms with Gasteiger partial charge in [0, 0.05) is 18.1 Å². The number of carbonyl (C=O) groups excluding carboxylic acids is 1. The van der Waals surface area contributed by atoms with Gasteiger partial charge in [-0.05, 0) is 26.7 Å². The molecule has 5 nitrogen and oxygen atoms in total. The number of carbonyl (C=O) groups is 1. The van der Waals surface area contributed by atoms with Gasteiger partial charge < -0.3 is 9.64 Å². The SMILES string of the molecule is Cc1nc(C)c(COC(=O)C2CCCN2c2nccs2)s1. The molecule has 7 heteroatoms. The third-order valence-electron chi connectivity index (χ3n) is 3.53. The van der Waals surface area contributed by atoms with Gasteiger partial charge in [0.25, 0.3) is 0 Å². The summed E-state index contributed by atoms with van der Waals surface area (Å²) in [4.78, 5) is 24.1. The van der Waals surface area contributed by atoms with Crippen LogP contribution in [0.25, 0.3) is 0 Å². The van der Waals surface area contributed by atoms with Crippen LogP contribution < -0.4 is 4.90 Å². The quantitative estimate of drug-likeness (QED) is 0.810. The molecule has 0 amide bonds. The van der Waals surface area contributed by atoms with Crippen LogP contribution in [0.3, 0.4) is 0 Å². The molecule has 1 atom stereocenters. The fourth-order valence-corrected chi connectivity index (χ4v) is 4.11. The number of rotatable bonds is 4. The Bertz CT molecular complexity index is 624. The number of aromatic nitrogens is 2. The number of hydrogen-bond donors (Lipinski definition) is 0. The zero-order valence-electron chi connectivity index (χ0n) is 12.0. The largest absolute Gasteiger partial charge is 0.458 e. The Labute approximate surface area is 131 Å². The highest BCUT2D eigenvalue weighted by Crippen LogP contribution is 2.28. The van der Waals surface area contributed by atoms with E-state index < -0.39 is 0 Å². The first-order chi connectivity index (χ1) is 10.1. The van der Waals surface area contributed by atoms with Crippen LogP contribution in [-0.4, -0.2) is 28.5 Å². The molecule has 3 rings (SSSR count). The zero-order chi connectivity index (χ0) is 14.8. The average Bonchev–Trinajstić information content (AvgIpc) is 3.16. The predicted octanol–water partition coefficient (Wildman–Crippen LogP) is 2.93. The molecule has 1 saturated heterocycles. The van der Waals surface area contributed by atoms with Gasteiger partial charge in [-0.3, -0.25) is 0 Å². The highest BCUT2D eigenvalue weighted by molar-refractivity contribution is 7.13. The summed E-state index contributed by atoms with van der Waals surface area (Å²) < 4.78 is 5.50. The van der Waals surface area contributed by atoms with Crippen molar-refractivity contribution in [1.82, 2.24) is 9.97 Å². The topological polar surface area (TPSA) is 55.3 Å². The molecule has 112 valence electrons. The Balaban J connectivity index is 1.63. The van der Waals surface area contributed by atoms with E-state index in [1.54, 1.807) is 28.9 Å². The van der Waals surface area contributed by atoms with Crippen LogP contribution in [0.5, 0.6) is 0 Å². The van der Waals surface area contributed by atoms with Gasteiger partial charge >= 0.3 is 5.97 Å². The minimum absolute atomic E-state index is 0.159. The Morgan fingerprint density at radius 3 is 3.05 bits per heavy atom. The van der Waals surface area contributed by atoms with Gasteiger partial charge in [0.05, 0.1) is 15.6 Å². The molecule has 0 saturated carbocycles. The molecule has 0 aliphatic carbocycles. The molecule has 0 aromatic carbocycles. The Kier molecular flexibility index (Phi) is 4.21. The molecule has 1 unspecified atom stereocenters. The Morgan fingerprint density at radius 2 is 2.38 bits per heavy atom. The summed E-state index contributed by atoms with van der Waals surface area (Å²) in [6.07, 6.45) is 3.60. The van der Waals surface area contributed by atoms with Gasteiger partial charge in [0.1, 0.15) is 12.6 Å². The van der Waals surface area contributed by atoms with Gasteiger partial charge in [-0.25, -0.2) is 14.8 Å². The first-order valence-electron chi connectivity index (χ1n) is 6.91. The number of esters is 1. The van der Waals surface area contributed by atoms with Crippen LogP contribution >= 0.6 is 22.7 Å². The summed E-state index contributed by atoms with van der Waals surface area (Å²) in [5, 5.41) is 3.84. The van der Waals surface area contributed by atoms with Gasteiger partial charge in [-0.2, -0.15) is 0 Å². The lowest BCUT2D eigenvalue weighted by molar-refractivity contribution is -0.146. The van der Waals surface area contributed by atoms with Crippen molar-refractivity contribution in [2.24, 2.45) is 0 Å². The minimum atomic E-state index is -0.203. The number of hydrogen-bond acceptors (Lipinski definition) is 7. The Morgan fingerprint density at radius 1 is 1.52 bits per heavy atom. The highest BCUT2D eigenvalue weighted by Gasteiger charge is 2.33. The minimum Gasteiger partial charge on any atom is -0.458 e. The van der Waals surface area contributed by atoms with Crippen molar-refractivity contribution in [2.75, 3.05) is 11.4 Å². The van der Waals surface area contributed by atoms with Crippen LogP contribution in [0, 0.1) is 13.8 Å². The second-order valence-electron chi connectivity index (χ2n) is 5.02. The van der Waals surface area contributed by atoms with E-state index in [9.17, 15) is 4.79 Å². The molecule has 0 spiro atoms. The van der Waals surface area contributed by atoms with E-state index in [1.165, 1.54) is 0 Å². The molecule has 1 aliphatic rings. The van der Waals surface area contributed by atoms with E-state index >= 15 is 0 Å². The predicted molar refractivity (Wildman–Crippen MR) is 83.9 cm³/mol. The summed E-state index contributed by atoms with van der Waals surface area (Å²) in [5.41, 5.74) is 0.952. The average molecular weight is 323 g/mol. The van der Waals surface area contributed by atoms with E-state index in [0.717, 1.165) is 40.1 Å². The van der Waals surface area contributed by atoms with Crippen molar-refractivity contribution >= 4 is 33.8 Å². The fourth-order valence-electron chi connectivity index (χ4n) is 2.54. The van der Waals surface area contributed by atoms with Crippen molar-refractivity contribution in [3.05, 3.63) is 27.2 Å². The number of anilines is 1. The number of nitrogens with zero attached hydrogens (tertiary/aromatic N) is 3. The summed E-state index contributed by atoms with van der Waals surface area (Å²) in [7, 11) is 0. The van der Waals surface area contributed by atoms with E-state index in [4.69, 9.17) is 4.74 Å². The highest BCUT2D eigenvalue weighted by atomic mass is 32.1. The van der Waals surface area contributed by atoms with Crippen molar-refractivity contribution in [2.45, 2.75) is 39.3 Å². The number of aryl methyl sites for hydroxylation is 2. The second-order valence-corrected chi connectivity index (χ2v) is 7.18. The summed E-state index contributed by atoms with van der Waals surface area (Å²) >= 11 is 3.15. The lowest BCUT2D eigenvalue weighted by Gasteiger charge is -2.22. The first kappa shape index (κ1) is 14.5. The van der Waals surface area contributed by atoms with E-state index in [1.807, 2.05) is 19.2 Å². The van der Waals surface area contributed by atoms with Crippen molar-refractivity contribution < 1.29 is 9.53 Å². The van der Waals surface area contributed by atoms with Crippen molar-refractivity contribution in [1.29, 1.82) is 0 Å². The maximum Gasteiger partial charge on any atom is 0.329 e. The molecular formula is C14H17N3O2S2. The maximum atomic E-state index is 12.3. The normalized spacial score (nSPS) is 18.2. The monoisotopic (exact) mass is 323 g/mol. The fraction of sp³-hybridized carbons (Fsp3) is 0.500. The molecule has 0 radical (unpaired) electrons. The zero-order valence-corrected chi connectivity index (χ0v) is 13.7. The maximum absolute atomic E-state index is 12.3. The first-order valence-corrected chi connectivity index (χ1v) is 8.60. The van der Waals surface area contributed by atoms with E-state index in [-0.39, 0.29) is 12.0 Å². The molecule has 3 heterocycles. The lowest BCUT2D eigenvalue weighted by atomic mass is 10.2. The van der Waals surface area contributed by atoms with Crippen LogP contribution in [0.2, 0.25) is 0 Å². The second kappa shape index (κ2) is 6.11. The van der Waals surface area contributed by atoms with Gasteiger partial charge in [0.2, 0.25) is 0 Å². The van der Waals surface area contributed by atoms with Crippen LogP contribution in [0.4, 0.5) is 5.13 Å². The van der Waals surface area contributed by atoms with Gasteiger partial charge in [-0.15, -0.1) is 22.7 Å². The molecule has 21 heavy (non-hydrogen) atoms. The molecule has 2 aromatic rings. The Hall–Kier alpha value is -1.47. The van der Waals surface area contributed by atoms with E-state index in [2.05, 4.69) is 14.9 Å². The third-order valence-corrected chi connectivity index (χ3v) is 5.39. The third kappa shape index (κ3) is 3.08. The smallest absolute Gasteiger partial charge is 0.329 e. The van der Waals surface area contributed by atoms with Crippen LogP contribution in [0.15, 0.2) is 11.6 Å². The van der Waals surface area contributed by atoms with E-state index in [0.29, 0.717) is 6.61 Å². The lowest BCUT2D eigenvalue weighted by Crippen LogP contribution is -2.37. The van der Waals surface area contributed by atoms with Gasteiger partial charge in [0.15, 0.2) is 5.13 Å². The molecule has 0 N–H and O–H groups in total. The molecular weight excluding hydrogens is 306 g/mol. The van der Waals surface area contributed by atoms with Crippen LogP contribution in [0.1, 0.15) is 28.4 Å². The van der Waals surface area contributed by atoms with Crippen molar-refractivity contribution in [3.63, 3.8) is 0 Å². The molecule has 0 bridgehead atoms. The summed E-state index contributed by atoms with van der Waals surface area (Å²) in [6.45, 7) is 5.10. The summed E-state index contributed by atoms with van der Waals surface area (Å²) in [5.74, 6) is -0.159. The molecule has 2 aromatic heterocycles. The molecule has 1 fully saturated rings. The van der Waals surface area contributed by atoms with Crippen molar-refractivity contribution in [3.8, 4) is 0 Å². The van der Waals surface area contributed by atoms with Gasteiger partial charge in [-0.1, -0.05) is 0 Å². The number of ether oxygens (including phenoxy) is 1. The van der Waals surface area contributed by atoms with Crippen LogP contribution in [-0.2, 0) is 16.1 Å². The number of thiazole rings is 2. The standard InChI is InChI=1S/C14H17N3O2S2/c1-9-12(21-10(2)16-9)8-19-13(18)11-4-3-6-17(11)14-15-5-7-20-14/h5,7,11H,3-4,6,8H2,1-2H3.